The number of hydrogen-bond donors (Lipinski definition) is 1. The first kappa shape index (κ1) is 20.1. The molecule has 2 bridgehead atoms. The van der Waals surface area contributed by atoms with E-state index in [1.54, 1.807) is 18.2 Å². The molecular weight excluding hydrogens is 433 g/mol. The number of methoxy groups -OCH3 is 1. The van der Waals surface area contributed by atoms with E-state index in [4.69, 9.17) is 16.3 Å². The maximum Gasteiger partial charge on any atom is 0.416 e. The van der Waals surface area contributed by atoms with Gasteiger partial charge in [-0.05, 0) is 43.2 Å². The molecule has 10 heteroatoms. The van der Waals surface area contributed by atoms with Crippen LogP contribution in [0.1, 0.15) is 28.8 Å². The van der Waals surface area contributed by atoms with Crippen LogP contribution in [0, 0.1) is 0 Å². The smallest absolute Gasteiger partial charge is 0.416 e. The summed E-state index contributed by atoms with van der Waals surface area (Å²) in [6, 6.07) is 7.04. The van der Waals surface area contributed by atoms with E-state index in [1.165, 1.54) is 7.11 Å². The average molecular weight is 451 g/mol. The van der Waals surface area contributed by atoms with Crippen molar-refractivity contribution in [3.05, 3.63) is 46.5 Å². The molecule has 31 heavy (non-hydrogen) atoms. The molecule has 0 atom stereocenters. The number of hydrogen-bond acceptors (Lipinski definition) is 4. The predicted octanol–water partition coefficient (Wildman–Crippen LogP) is 4.75. The molecule has 162 valence electrons. The third-order valence-corrected chi connectivity index (χ3v) is 6.16. The fourth-order valence-electron chi connectivity index (χ4n) is 4.36. The highest BCUT2D eigenvalue weighted by Gasteiger charge is 2.41. The second kappa shape index (κ2) is 7.13. The Morgan fingerprint density at radius 2 is 1.97 bits per heavy atom. The number of imidazole rings is 1. The van der Waals surface area contributed by atoms with Gasteiger partial charge in [-0.3, -0.25) is 9.80 Å². The quantitative estimate of drug-likeness (QED) is 0.625. The van der Waals surface area contributed by atoms with Crippen molar-refractivity contribution in [2.75, 3.05) is 20.2 Å². The van der Waals surface area contributed by atoms with Gasteiger partial charge in [-0.25, -0.2) is 9.99 Å². The fraction of sp³-hybridized carbons (Fsp3) is 0.333. The molecule has 2 aromatic carbocycles. The van der Waals surface area contributed by atoms with Gasteiger partial charge < -0.3 is 9.72 Å². The number of alkyl halides is 3. The zero-order valence-electron chi connectivity index (χ0n) is 16.5. The number of aromatic amines is 1. The Balaban J connectivity index is 1.52. The fourth-order valence-corrected chi connectivity index (χ4v) is 4.62. The second-order valence-corrected chi connectivity index (χ2v) is 8.09. The predicted molar refractivity (Wildman–Crippen MR) is 109 cm³/mol. The van der Waals surface area contributed by atoms with E-state index >= 15 is 0 Å². The maximum absolute atomic E-state index is 13.1. The molecule has 2 aliphatic heterocycles. The summed E-state index contributed by atoms with van der Waals surface area (Å²) in [7, 11) is 1.47. The van der Waals surface area contributed by atoms with Gasteiger partial charge in [0.15, 0.2) is 0 Å². The number of carbonyl (C=O) groups excluding carboxylic acids is 1. The summed E-state index contributed by atoms with van der Waals surface area (Å²) in [6.45, 7) is 1.76. The topological polar surface area (TPSA) is 61.5 Å². The molecule has 0 unspecified atom stereocenters. The lowest BCUT2D eigenvalue weighted by atomic mass is 10.1. The van der Waals surface area contributed by atoms with Gasteiger partial charge in [-0.1, -0.05) is 11.6 Å². The van der Waals surface area contributed by atoms with Gasteiger partial charge in [0.25, 0.3) is 5.91 Å². The number of H-pyrrole nitrogens is 1. The van der Waals surface area contributed by atoms with Crippen LogP contribution in [0.5, 0.6) is 5.75 Å². The zero-order valence-corrected chi connectivity index (χ0v) is 17.2. The molecule has 3 aromatic rings. The summed E-state index contributed by atoms with van der Waals surface area (Å²) in [4.78, 5) is 20.3. The van der Waals surface area contributed by atoms with E-state index in [9.17, 15) is 18.0 Å². The number of hydrazine groups is 1. The largest absolute Gasteiger partial charge is 0.496 e. The van der Waals surface area contributed by atoms with E-state index in [0.29, 0.717) is 22.7 Å². The third-order valence-electron chi connectivity index (χ3n) is 5.87. The lowest BCUT2D eigenvalue weighted by Gasteiger charge is -2.24. The van der Waals surface area contributed by atoms with Crippen molar-refractivity contribution in [3.8, 4) is 17.1 Å². The van der Waals surface area contributed by atoms with Gasteiger partial charge in [0.2, 0.25) is 0 Å². The van der Waals surface area contributed by atoms with Gasteiger partial charge in [0, 0.05) is 18.7 Å². The van der Waals surface area contributed by atoms with Gasteiger partial charge in [-0.2, -0.15) is 13.2 Å². The van der Waals surface area contributed by atoms with E-state index in [1.807, 2.05) is 5.01 Å². The van der Waals surface area contributed by atoms with Crippen LogP contribution < -0.4 is 4.74 Å². The Morgan fingerprint density at radius 3 is 2.58 bits per heavy atom. The van der Waals surface area contributed by atoms with Crippen molar-refractivity contribution in [1.29, 1.82) is 0 Å². The van der Waals surface area contributed by atoms with E-state index in [-0.39, 0.29) is 28.0 Å². The Labute approximate surface area is 180 Å². The van der Waals surface area contributed by atoms with Crippen molar-refractivity contribution in [3.63, 3.8) is 0 Å². The molecule has 0 saturated carbocycles. The summed E-state index contributed by atoms with van der Waals surface area (Å²) < 4.78 is 44.8. The summed E-state index contributed by atoms with van der Waals surface area (Å²) in [6.07, 6.45) is -2.57. The molecule has 3 heterocycles. The molecule has 2 fully saturated rings. The Bertz CT molecular complexity index is 1170. The zero-order chi connectivity index (χ0) is 21.9. The Kier molecular flexibility index (Phi) is 4.63. The number of fused-ring (bicyclic) bond motifs is 3. The lowest BCUT2D eigenvalue weighted by Crippen LogP contribution is -2.38. The first-order chi connectivity index (χ1) is 14.8. The number of carbonyl (C=O) groups is 1. The number of halogens is 4. The first-order valence-corrected chi connectivity index (χ1v) is 10.2. The molecule has 2 aliphatic rings. The summed E-state index contributed by atoms with van der Waals surface area (Å²) in [5, 5.41) is 3.78. The molecule has 1 aromatic heterocycles. The molecule has 5 rings (SSSR count). The van der Waals surface area contributed by atoms with Crippen molar-refractivity contribution in [2.45, 2.75) is 25.1 Å². The number of ether oxygens (including phenoxy) is 1. The molecular formula is C21H18ClF3N4O2. The number of rotatable bonds is 3. The van der Waals surface area contributed by atoms with E-state index < -0.39 is 11.7 Å². The van der Waals surface area contributed by atoms with Gasteiger partial charge in [-0.15, -0.1) is 0 Å². The highest BCUT2D eigenvalue weighted by molar-refractivity contribution is 6.35. The highest BCUT2D eigenvalue weighted by atomic mass is 35.5. The second-order valence-electron chi connectivity index (χ2n) is 7.69. The van der Waals surface area contributed by atoms with Crippen molar-refractivity contribution >= 4 is 28.5 Å². The van der Waals surface area contributed by atoms with Crippen LogP contribution in [0.2, 0.25) is 5.02 Å². The minimum atomic E-state index is -4.52. The van der Waals surface area contributed by atoms with Crippen molar-refractivity contribution in [2.24, 2.45) is 0 Å². The van der Waals surface area contributed by atoms with Crippen LogP contribution in [-0.2, 0) is 6.18 Å². The minimum Gasteiger partial charge on any atom is -0.496 e. The van der Waals surface area contributed by atoms with Gasteiger partial charge >= 0.3 is 6.18 Å². The monoisotopic (exact) mass is 450 g/mol. The number of nitrogens with zero attached hydrogens (tertiary/aromatic N) is 3. The summed E-state index contributed by atoms with van der Waals surface area (Å²) >= 11 is 6.05. The standard InChI is InChI=1S/C21H18ClF3N4O2/c1-31-17-8-11(20(30)29-13-4-6-28(29)7-5-13)2-3-14(17)19-26-16-10-12(21(23,24)25)9-15(22)18(16)27-19/h2-3,8-10,13H,4-7H2,1H3,(H,26,27). The van der Waals surface area contributed by atoms with Crippen LogP contribution in [0.15, 0.2) is 30.3 Å². The average Bonchev–Trinajstić information content (AvgIpc) is 3.46. The SMILES string of the molecule is COc1cc(C(=O)N2C3CCN2CC3)ccc1-c1nc2c(Cl)cc(C(F)(F)F)cc2[nH]1. The first-order valence-electron chi connectivity index (χ1n) is 9.79. The molecule has 6 nitrogen and oxygen atoms in total. The highest BCUT2D eigenvalue weighted by Crippen LogP contribution is 2.37. The minimum absolute atomic E-state index is 0.0904. The van der Waals surface area contributed by atoms with Crippen molar-refractivity contribution < 1.29 is 22.7 Å². The van der Waals surface area contributed by atoms with Crippen molar-refractivity contribution in [1.82, 2.24) is 20.0 Å². The number of piperidine rings is 1. The van der Waals surface area contributed by atoms with Gasteiger partial charge in [0.05, 0.1) is 34.8 Å². The van der Waals surface area contributed by atoms with Gasteiger partial charge in [0.1, 0.15) is 17.1 Å². The molecule has 1 amide bonds. The van der Waals surface area contributed by atoms with Crippen LogP contribution in [0.4, 0.5) is 13.2 Å². The molecule has 2 saturated heterocycles. The molecule has 0 spiro atoms. The van der Waals surface area contributed by atoms with E-state index in [2.05, 4.69) is 15.0 Å². The summed E-state index contributed by atoms with van der Waals surface area (Å²) in [5.74, 6) is 0.600. The maximum atomic E-state index is 13.1. The molecule has 0 radical (unpaired) electrons. The van der Waals surface area contributed by atoms with Crippen LogP contribution in [-0.4, -0.2) is 52.1 Å². The third kappa shape index (κ3) is 3.32. The normalized spacial score (nSPS) is 20.6. The summed E-state index contributed by atoms with van der Waals surface area (Å²) in [5.41, 5.74) is 0.535. The van der Waals surface area contributed by atoms with Crippen LogP contribution in [0.25, 0.3) is 22.4 Å². The Morgan fingerprint density at radius 1 is 1.23 bits per heavy atom. The number of nitrogens with one attached hydrogen (secondary N) is 1. The Hall–Kier alpha value is -2.78. The number of benzene rings is 2. The molecule has 1 N–H and O–H groups in total. The molecule has 0 aliphatic carbocycles. The van der Waals surface area contributed by atoms with E-state index in [0.717, 1.165) is 38.1 Å². The number of aromatic nitrogens is 2. The van der Waals surface area contributed by atoms with Crippen LogP contribution >= 0.6 is 11.6 Å². The van der Waals surface area contributed by atoms with Crippen LogP contribution in [0.3, 0.4) is 0 Å². The number of amides is 1. The lowest BCUT2D eigenvalue weighted by molar-refractivity contribution is -0.137.